The first-order chi connectivity index (χ1) is 15.0. The van der Waals surface area contributed by atoms with E-state index in [1.807, 2.05) is 12.1 Å². The highest BCUT2D eigenvalue weighted by Gasteiger charge is 2.25. The monoisotopic (exact) mass is 417 g/mol. The van der Waals surface area contributed by atoms with Crippen LogP contribution in [0, 0.1) is 0 Å². The first kappa shape index (κ1) is 19.6. The number of aromatic nitrogens is 4. The standard InChI is InChI=1S/C23H27N7O/c1-23(2,3)30-12-10-29(11-13-30)17-8-6-16(7-9-17)25-22-20-18(15-24-28-20)26-21(27-22)19-5-4-14-31-19/h4-9,14-15H,10-13H2,1-3H3,(H,24,28)(H,25,26,27). The van der Waals surface area contributed by atoms with Gasteiger partial charge in [0.25, 0.3) is 0 Å². The molecule has 3 aromatic heterocycles. The zero-order valence-electron chi connectivity index (χ0n) is 18.1. The zero-order valence-corrected chi connectivity index (χ0v) is 18.1. The van der Waals surface area contributed by atoms with Crippen LogP contribution in [0.5, 0.6) is 0 Å². The summed E-state index contributed by atoms with van der Waals surface area (Å²) < 4.78 is 5.47. The summed E-state index contributed by atoms with van der Waals surface area (Å²) in [5.74, 6) is 1.81. The van der Waals surface area contributed by atoms with Crippen molar-refractivity contribution in [2.24, 2.45) is 0 Å². The summed E-state index contributed by atoms with van der Waals surface area (Å²) in [6.45, 7) is 11.1. The number of hydrogen-bond acceptors (Lipinski definition) is 7. The van der Waals surface area contributed by atoms with Crippen molar-refractivity contribution >= 4 is 28.2 Å². The van der Waals surface area contributed by atoms with E-state index in [1.165, 1.54) is 5.69 Å². The first-order valence-electron chi connectivity index (χ1n) is 10.6. The third kappa shape index (κ3) is 3.98. The lowest BCUT2D eigenvalue weighted by Crippen LogP contribution is -2.53. The molecule has 160 valence electrons. The van der Waals surface area contributed by atoms with Crippen LogP contribution < -0.4 is 10.2 Å². The van der Waals surface area contributed by atoms with Gasteiger partial charge in [0.1, 0.15) is 11.0 Å². The van der Waals surface area contributed by atoms with Crippen LogP contribution in [0.3, 0.4) is 0 Å². The summed E-state index contributed by atoms with van der Waals surface area (Å²) in [7, 11) is 0. The SMILES string of the molecule is CC(C)(C)N1CCN(c2ccc(Nc3nc(-c4ccco4)nc4cn[nH]c34)cc2)CC1. The van der Waals surface area contributed by atoms with E-state index >= 15 is 0 Å². The Morgan fingerprint density at radius 1 is 1.00 bits per heavy atom. The van der Waals surface area contributed by atoms with Crippen LogP contribution in [0.4, 0.5) is 17.2 Å². The quantitative estimate of drug-likeness (QED) is 0.513. The number of fused-ring (bicyclic) bond motifs is 1. The van der Waals surface area contributed by atoms with Crippen molar-refractivity contribution in [2.45, 2.75) is 26.3 Å². The molecule has 8 heteroatoms. The molecule has 1 aliphatic rings. The highest BCUT2D eigenvalue weighted by molar-refractivity contribution is 5.88. The average molecular weight is 418 g/mol. The minimum absolute atomic E-state index is 0.226. The second-order valence-electron chi connectivity index (χ2n) is 8.82. The molecule has 1 aromatic carbocycles. The molecule has 0 amide bonds. The smallest absolute Gasteiger partial charge is 0.198 e. The Kier molecular flexibility index (Phi) is 4.86. The van der Waals surface area contributed by atoms with Crippen molar-refractivity contribution in [3.63, 3.8) is 0 Å². The molecule has 8 nitrogen and oxygen atoms in total. The third-order valence-electron chi connectivity index (χ3n) is 5.77. The summed E-state index contributed by atoms with van der Waals surface area (Å²) in [6.07, 6.45) is 3.31. The van der Waals surface area contributed by atoms with Gasteiger partial charge in [-0.15, -0.1) is 0 Å². The molecule has 0 saturated carbocycles. The van der Waals surface area contributed by atoms with Crippen LogP contribution in [0.1, 0.15) is 20.8 Å². The lowest BCUT2D eigenvalue weighted by atomic mass is 10.0. The molecule has 1 aliphatic heterocycles. The van der Waals surface area contributed by atoms with Crippen molar-refractivity contribution < 1.29 is 4.42 Å². The predicted molar refractivity (Wildman–Crippen MR) is 123 cm³/mol. The number of nitrogens with zero attached hydrogens (tertiary/aromatic N) is 5. The Morgan fingerprint density at radius 2 is 1.77 bits per heavy atom. The van der Waals surface area contributed by atoms with Crippen LogP contribution in [-0.4, -0.2) is 56.8 Å². The topological polar surface area (TPSA) is 86.1 Å². The van der Waals surface area contributed by atoms with Crippen LogP contribution in [0.25, 0.3) is 22.6 Å². The van der Waals surface area contributed by atoms with Gasteiger partial charge in [-0.3, -0.25) is 10.00 Å². The Hall–Kier alpha value is -3.39. The molecule has 0 unspecified atom stereocenters. The molecule has 1 fully saturated rings. The minimum atomic E-state index is 0.226. The van der Waals surface area contributed by atoms with Crippen LogP contribution in [-0.2, 0) is 0 Å². The van der Waals surface area contributed by atoms with Gasteiger partial charge in [0.05, 0.1) is 12.5 Å². The van der Waals surface area contributed by atoms with E-state index in [0.717, 1.165) is 42.9 Å². The van der Waals surface area contributed by atoms with E-state index in [-0.39, 0.29) is 5.54 Å². The highest BCUT2D eigenvalue weighted by atomic mass is 16.3. The molecule has 0 radical (unpaired) electrons. The summed E-state index contributed by atoms with van der Waals surface area (Å²) in [5.41, 5.74) is 3.92. The maximum atomic E-state index is 5.47. The molecular weight excluding hydrogens is 390 g/mol. The second kappa shape index (κ2) is 7.70. The Morgan fingerprint density at radius 3 is 2.45 bits per heavy atom. The molecule has 4 heterocycles. The fraction of sp³-hybridized carbons (Fsp3) is 0.348. The lowest BCUT2D eigenvalue weighted by Gasteiger charge is -2.43. The molecule has 2 N–H and O–H groups in total. The number of anilines is 3. The van der Waals surface area contributed by atoms with Crippen LogP contribution in [0.2, 0.25) is 0 Å². The number of rotatable bonds is 4. The molecule has 1 saturated heterocycles. The van der Waals surface area contributed by atoms with Crippen molar-refractivity contribution in [3.8, 4) is 11.6 Å². The Balaban J connectivity index is 1.34. The van der Waals surface area contributed by atoms with Gasteiger partial charge >= 0.3 is 0 Å². The molecular formula is C23H27N7O. The van der Waals surface area contributed by atoms with E-state index < -0.39 is 0 Å². The fourth-order valence-electron chi connectivity index (χ4n) is 3.97. The minimum Gasteiger partial charge on any atom is -0.461 e. The summed E-state index contributed by atoms with van der Waals surface area (Å²) in [6, 6.07) is 12.2. The molecule has 31 heavy (non-hydrogen) atoms. The number of aromatic amines is 1. The first-order valence-corrected chi connectivity index (χ1v) is 10.6. The van der Waals surface area contributed by atoms with E-state index in [0.29, 0.717) is 17.4 Å². The van der Waals surface area contributed by atoms with Gasteiger partial charge in [-0.05, 0) is 57.2 Å². The van der Waals surface area contributed by atoms with Crippen LogP contribution >= 0.6 is 0 Å². The Bertz CT molecular complexity index is 1150. The number of benzene rings is 1. The molecule has 0 bridgehead atoms. The van der Waals surface area contributed by atoms with Gasteiger partial charge in [-0.25, -0.2) is 9.97 Å². The second-order valence-corrected chi connectivity index (χ2v) is 8.82. The van der Waals surface area contributed by atoms with Gasteiger partial charge in [-0.1, -0.05) is 0 Å². The lowest BCUT2D eigenvalue weighted by molar-refractivity contribution is 0.128. The summed E-state index contributed by atoms with van der Waals surface area (Å²) in [4.78, 5) is 14.2. The van der Waals surface area contributed by atoms with E-state index in [9.17, 15) is 0 Å². The van der Waals surface area contributed by atoms with Gasteiger partial charge in [-0.2, -0.15) is 5.10 Å². The molecule has 4 aromatic rings. The van der Waals surface area contributed by atoms with Crippen molar-refractivity contribution in [3.05, 3.63) is 48.9 Å². The predicted octanol–water partition coefficient (Wildman–Crippen LogP) is 4.28. The number of furan rings is 1. The van der Waals surface area contributed by atoms with Gasteiger partial charge in [0.15, 0.2) is 17.4 Å². The largest absolute Gasteiger partial charge is 0.461 e. The van der Waals surface area contributed by atoms with Gasteiger partial charge in [0, 0.05) is 43.1 Å². The van der Waals surface area contributed by atoms with Gasteiger partial charge in [0.2, 0.25) is 0 Å². The van der Waals surface area contributed by atoms with E-state index in [2.05, 4.69) is 80.3 Å². The number of piperazine rings is 1. The maximum absolute atomic E-state index is 5.47. The van der Waals surface area contributed by atoms with Crippen molar-refractivity contribution in [1.29, 1.82) is 0 Å². The highest BCUT2D eigenvalue weighted by Crippen LogP contribution is 2.28. The fourth-order valence-corrected chi connectivity index (χ4v) is 3.97. The Labute approximate surface area is 181 Å². The maximum Gasteiger partial charge on any atom is 0.198 e. The molecule has 0 aliphatic carbocycles. The molecule has 5 rings (SSSR count). The number of H-pyrrole nitrogens is 1. The summed E-state index contributed by atoms with van der Waals surface area (Å²) >= 11 is 0. The third-order valence-corrected chi connectivity index (χ3v) is 5.77. The normalized spacial score (nSPS) is 15.5. The number of nitrogens with one attached hydrogen (secondary N) is 2. The molecule has 0 spiro atoms. The molecule has 0 atom stereocenters. The van der Waals surface area contributed by atoms with E-state index in [4.69, 9.17) is 4.42 Å². The summed E-state index contributed by atoms with van der Waals surface area (Å²) in [5, 5.41) is 10.5. The number of hydrogen-bond donors (Lipinski definition) is 2. The van der Waals surface area contributed by atoms with E-state index in [1.54, 1.807) is 12.5 Å². The van der Waals surface area contributed by atoms with Crippen molar-refractivity contribution in [1.82, 2.24) is 25.1 Å². The average Bonchev–Trinajstić information content (AvgIpc) is 3.46. The zero-order chi connectivity index (χ0) is 21.4. The van der Waals surface area contributed by atoms with Crippen LogP contribution in [0.15, 0.2) is 53.3 Å². The van der Waals surface area contributed by atoms with Crippen molar-refractivity contribution in [2.75, 3.05) is 36.4 Å². The van der Waals surface area contributed by atoms with Gasteiger partial charge < -0.3 is 14.6 Å².